The van der Waals surface area contributed by atoms with Crippen LogP contribution in [0.4, 0.5) is 0 Å². The topological polar surface area (TPSA) is 97.5 Å². The Morgan fingerprint density at radius 1 is 1.05 bits per heavy atom. The van der Waals surface area contributed by atoms with Gasteiger partial charge in [-0.25, -0.2) is 0 Å². The van der Waals surface area contributed by atoms with Crippen molar-refractivity contribution in [1.82, 2.24) is 0 Å². The molecule has 0 bridgehead atoms. The number of unbranched alkanes of at least 4 members (excludes halogenated alkanes) is 1. The summed E-state index contributed by atoms with van der Waals surface area (Å²) in [6.45, 7) is 11.5. The van der Waals surface area contributed by atoms with Crippen molar-refractivity contribution in [2.45, 2.75) is 148 Å². The second-order valence-corrected chi connectivity index (χ2v) is 15.3. The molecule has 0 aromatic heterocycles. The SMILES string of the molecule is C[C@@H]1C2=CCC3C4CCC(CCCCC(C)(C)N=O)[C@@]4(C)CC[C@@]3(C)C2CC[C@@H]1O[C@H]1C[C@@H](O)C[C@@H](CN=O)O1. The molecular weight excluding hydrogens is 504 g/mol. The standard InChI is InChI=1S/C33H54N2O5/c1-21-25-10-12-28-27-11-9-22(8-6-7-15-31(2,3)35-38)32(27,4)16-17-33(28,5)26(25)13-14-29(21)40-30-19-23(36)18-24(39-30)20-34-37/h10,21-24,26-30,36H,6-9,11-20H2,1-5H3/t21-,22?,23+,24+,26?,27?,28?,29+,30+,32-,33+/m1/s1. The van der Waals surface area contributed by atoms with Crippen LogP contribution in [0.2, 0.25) is 0 Å². The second kappa shape index (κ2) is 11.8. The van der Waals surface area contributed by atoms with Gasteiger partial charge in [0.15, 0.2) is 6.29 Å². The van der Waals surface area contributed by atoms with E-state index in [0.29, 0.717) is 35.5 Å². The van der Waals surface area contributed by atoms with Gasteiger partial charge in [-0.2, -0.15) is 9.81 Å². The van der Waals surface area contributed by atoms with Crippen molar-refractivity contribution in [2.75, 3.05) is 6.54 Å². The fourth-order valence-electron chi connectivity index (χ4n) is 10.1. The summed E-state index contributed by atoms with van der Waals surface area (Å²) >= 11 is 0. The molecule has 5 rings (SSSR count). The Morgan fingerprint density at radius 3 is 2.58 bits per heavy atom. The summed E-state index contributed by atoms with van der Waals surface area (Å²) in [6.07, 6.45) is 15.6. The predicted molar refractivity (Wildman–Crippen MR) is 158 cm³/mol. The van der Waals surface area contributed by atoms with E-state index in [2.05, 4.69) is 37.2 Å². The number of nitrogens with zero attached hydrogens (tertiary/aromatic N) is 2. The summed E-state index contributed by atoms with van der Waals surface area (Å²) < 4.78 is 12.5. The molecule has 0 amide bonds. The predicted octanol–water partition coefficient (Wildman–Crippen LogP) is 7.93. The number of nitroso groups, excluding NO2 is 2. The molecule has 0 radical (unpaired) electrons. The van der Waals surface area contributed by atoms with Crippen LogP contribution in [0.1, 0.15) is 118 Å². The van der Waals surface area contributed by atoms with E-state index >= 15 is 0 Å². The van der Waals surface area contributed by atoms with E-state index in [1.165, 1.54) is 44.9 Å². The van der Waals surface area contributed by atoms with Crippen molar-refractivity contribution in [3.8, 4) is 0 Å². The Labute approximate surface area is 241 Å². The van der Waals surface area contributed by atoms with Crippen LogP contribution in [0.15, 0.2) is 22.0 Å². The van der Waals surface area contributed by atoms with Crippen molar-refractivity contribution in [2.24, 2.45) is 50.8 Å². The van der Waals surface area contributed by atoms with E-state index in [9.17, 15) is 14.9 Å². The number of hydrogen-bond acceptors (Lipinski definition) is 7. The number of aliphatic hydroxyl groups is 1. The first-order valence-corrected chi connectivity index (χ1v) is 16.3. The Morgan fingerprint density at radius 2 is 1.82 bits per heavy atom. The highest BCUT2D eigenvalue weighted by Crippen LogP contribution is 2.68. The highest BCUT2D eigenvalue weighted by Gasteiger charge is 2.60. The van der Waals surface area contributed by atoms with E-state index in [4.69, 9.17) is 9.47 Å². The van der Waals surface area contributed by atoms with Gasteiger partial charge in [0, 0.05) is 18.8 Å². The number of aliphatic hydroxyl groups excluding tert-OH is 1. The first kappa shape index (κ1) is 30.3. The second-order valence-electron chi connectivity index (χ2n) is 15.3. The average Bonchev–Trinajstić information content (AvgIpc) is 3.24. The summed E-state index contributed by atoms with van der Waals surface area (Å²) in [4.78, 5) is 21.8. The van der Waals surface area contributed by atoms with Crippen LogP contribution in [0.5, 0.6) is 0 Å². The van der Waals surface area contributed by atoms with E-state index < -0.39 is 17.9 Å². The molecule has 1 saturated heterocycles. The molecule has 5 aliphatic rings. The molecule has 40 heavy (non-hydrogen) atoms. The fourth-order valence-corrected chi connectivity index (χ4v) is 10.1. The van der Waals surface area contributed by atoms with Crippen LogP contribution in [0.3, 0.4) is 0 Å². The lowest BCUT2D eigenvalue weighted by Crippen LogP contribution is -2.53. The van der Waals surface area contributed by atoms with Crippen molar-refractivity contribution in [1.29, 1.82) is 0 Å². The van der Waals surface area contributed by atoms with Crippen molar-refractivity contribution in [3.63, 3.8) is 0 Å². The minimum absolute atomic E-state index is 0.0703. The third-order valence-electron chi connectivity index (χ3n) is 12.6. The van der Waals surface area contributed by atoms with Gasteiger partial charge in [-0.3, -0.25) is 0 Å². The van der Waals surface area contributed by atoms with Crippen LogP contribution < -0.4 is 0 Å². The maximum atomic E-state index is 11.1. The first-order chi connectivity index (χ1) is 19.0. The van der Waals surface area contributed by atoms with Crippen LogP contribution in [-0.4, -0.2) is 41.8 Å². The summed E-state index contributed by atoms with van der Waals surface area (Å²) in [6, 6.07) is 0. The zero-order chi connectivity index (χ0) is 28.7. The van der Waals surface area contributed by atoms with Gasteiger partial charge in [0.25, 0.3) is 0 Å². The van der Waals surface area contributed by atoms with Crippen molar-refractivity contribution < 1.29 is 14.6 Å². The maximum Gasteiger partial charge on any atom is 0.160 e. The molecule has 0 aromatic carbocycles. The van der Waals surface area contributed by atoms with Gasteiger partial charge >= 0.3 is 0 Å². The quantitative estimate of drug-likeness (QED) is 0.167. The molecule has 4 fully saturated rings. The molecule has 0 spiro atoms. The average molecular weight is 559 g/mol. The van der Waals surface area contributed by atoms with E-state index in [-0.39, 0.29) is 18.8 Å². The van der Waals surface area contributed by atoms with Crippen LogP contribution >= 0.6 is 0 Å². The minimum Gasteiger partial charge on any atom is -0.393 e. The van der Waals surface area contributed by atoms with Crippen molar-refractivity contribution in [3.05, 3.63) is 21.5 Å². The first-order valence-electron chi connectivity index (χ1n) is 16.3. The number of rotatable bonds is 10. The zero-order valence-corrected chi connectivity index (χ0v) is 25.6. The van der Waals surface area contributed by atoms with Crippen LogP contribution in [0, 0.1) is 50.2 Å². The number of allylic oxidation sites excluding steroid dienone is 1. The van der Waals surface area contributed by atoms with E-state index in [1.54, 1.807) is 5.57 Å². The molecule has 4 aliphatic carbocycles. The summed E-state index contributed by atoms with van der Waals surface area (Å²) in [5, 5.41) is 16.6. The molecule has 7 nitrogen and oxygen atoms in total. The number of hydrogen-bond donors (Lipinski definition) is 1. The molecule has 4 unspecified atom stereocenters. The van der Waals surface area contributed by atoms with Gasteiger partial charge in [-0.15, -0.1) is 0 Å². The van der Waals surface area contributed by atoms with Crippen LogP contribution in [0.25, 0.3) is 0 Å². The summed E-state index contributed by atoms with van der Waals surface area (Å²) in [7, 11) is 0. The molecule has 1 N–H and O–H groups in total. The molecular formula is C33H54N2O5. The van der Waals surface area contributed by atoms with Gasteiger partial charge < -0.3 is 14.6 Å². The molecule has 0 aromatic rings. The lowest BCUT2D eigenvalue weighted by Gasteiger charge is -2.60. The Kier molecular flexibility index (Phi) is 8.96. The van der Waals surface area contributed by atoms with Gasteiger partial charge in [0.1, 0.15) is 6.54 Å². The molecule has 11 atom stereocenters. The summed E-state index contributed by atoms with van der Waals surface area (Å²) in [5.74, 6) is 3.37. The minimum atomic E-state index is -0.502. The lowest BCUT2D eigenvalue weighted by molar-refractivity contribution is -0.240. The molecule has 3 saturated carbocycles. The van der Waals surface area contributed by atoms with Gasteiger partial charge in [-0.1, -0.05) is 55.6 Å². The molecule has 1 heterocycles. The zero-order valence-electron chi connectivity index (χ0n) is 25.6. The Balaban J connectivity index is 1.22. The molecule has 1 aliphatic heterocycles. The molecule has 7 heteroatoms. The van der Waals surface area contributed by atoms with Crippen LogP contribution in [-0.2, 0) is 9.47 Å². The van der Waals surface area contributed by atoms with Gasteiger partial charge in [-0.05, 0) is 106 Å². The number of fused-ring (bicyclic) bond motifs is 5. The van der Waals surface area contributed by atoms with Gasteiger partial charge in [0.05, 0.1) is 23.9 Å². The number of ether oxygens (including phenoxy) is 2. The highest BCUT2D eigenvalue weighted by atomic mass is 16.7. The largest absolute Gasteiger partial charge is 0.393 e. The molecule has 226 valence electrons. The van der Waals surface area contributed by atoms with E-state index in [1.807, 2.05) is 13.8 Å². The fraction of sp³-hybridized carbons (Fsp3) is 0.939. The third kappa shape index (κ3) is 5.73. The van der Waals surface area contributed by atoms with Crippen molar-refractivity contribution >= 4 is 0 Å². The maximum absolute atomic E-state index is 11.1. The Hall–Kier alpha value is -1.18. The monoisotopic (exact) mass is 558 g/mol. The third-order valence-corrected chi connectivity index (χ3v) is 12.6. The Bertz CT molecular complexity index is 953. The summed E-state index contributed by atoms with van der Waals surface area (Å²) in [5.41, 5.74) is 1.98. The smallest absolute Gasteiger partial charge is 0.160 e. The lowest BCUT2D eigenvalue weighted by atomic mass is 9.45. The normalized spacial score (nSPS) is 45.1. The van der Waals surface area contributed by atoms with E-state index in [0.717, 1.165) is 43.4 Å². The highest BCUT2D eigenvalue weighted by molar-refractivity contribution is 5.25. The van der Waals surface area contributed by atoms with Gasteiger partial charge in [0.2, 0.25) is 0 Å².